The molecule has 0 spiro atoms. The van der Waals surface area contributed by atoms with E-state index in [2.05, 4.69) is 16.0 Å². The highest BCUT2D eigenvalue weighted by atomic mass is 16.6. The van der Waals surface area contributed by atoms with Gasteiger partial charge in [0.25, 0.3) is 5.69 Å². The summed E-state index contributed by atoms with van der Waals surface area (Å²) >= 11 is 0. The van der Waals surface area contributed by atoms with Crippen molar-refractivity contribution in [2.75, 3.05) is 24.5 Å². The minimum atomic E-state index is -0.473. The quantitative estimate of drug-likeness (QED) is 0.612. The van der Waals surface area contributed by atoms with Crippen molar-refractivity contribution in [3.8, 4) is 6.07 Å². The predicted molar refractivity (Wildman–Crippen MR) is 99.3 cm³/mol. The molecule has 1 aromatic heterocycles. The number of carbonyl (C=O) groups excluding carboxylic acids is 1. The number of nitro groups is 1. The Balaban J connectivity index is 1.57. The number of carbonyl (C=O) groups is 1. The van der Waals surface area contributed by atoms with Gasteiger partial charge >= 0.3 is 0 Å². The van der Waals surface area contributed by atoms with Crippen LogP contribution in [0.1, 0.15) is 31.2 Å². The summed E-state index contributed by atoms with van der Waals surface area (Å²) in [4.78, 5) is 31.2. The summed E-state index contributed by atoms with van der Waals surface area (Å²) in [6.45, 7) is 2.39. The zero-order valence-electron chi connectivity index (χ0n) is 14.8. The van der Waals surface area contributed by atoms with Gasteiger partial charge in [-0.15, -0.1) is 0 Å². The fourth-order valence-electron chi connectivity index (χ4n) is 4.03. The fraction of sp³-hybridized carbons (Fsp3) is 0.421. The maximum absolute atomic E-state index is 11.9. The van der Waals surface area contributed by atoms with Gasteiger partial charge in [0.1, 0.15) is 5.82 Å². The molecular weight excluding hydrogens is 346 g/mol. The van der Waals surface area contributed by atoms with E-state index in [4.69, 9.17) is 0 Å². The van der Waals surface area contributed by atoms with Gasteiger partial charge in [0.05, 0.1) is 22.1 Å². The zero-order chi connectivity index (χ0) is 19.0. The number of nitriles is 1. The smallest absolute Gasteiger partial charge is 0.270 e. The lowest BCUT2D eigenvalue weighted by Crippen LogP contribution is -2.45. The van der Waals surface area contributed by atoms with Gasteiger partial charge in [-0.1, -0.05) is 0 Å². The van der Waals surface area contributed by atoms with E-state index in [1.165, 1.54) is 12.1 Å². The molecule has 2 saturated heterocycles. The first-order chi connectivity index (χ1) is 13.1. The summed E-state index contributed by atoms with van der Waals surface area (Å²) in [7, 11) is 0. The molecule has 0 saturated carbocycles. The van der Waals surface area contributed by atoms with Crippen LogP contribution >= 0.6 is 0 Å². The third-order valence-corrected chi connectivity index (χ3v) is 5.45. The Labute approximate surface area is 156 Å². The van der Waals surface area contributed by atoms with Crippen LogP contribution in [0.5, 0.6) is 0 Å². The standard InChI is InChI=1S/C19H19N5O3/c20-12-13-10-18(21-17-4-3-15(24(26)27)11-16(13)17)22-8-5-14(6-9-22)23-7-1-2-19(23)25/h3-4,10-11,14H,1-2,5-9H2. The van der Waals surface area contributed by atoms with Crippen LogP contribution in [0.3, 0.4) is 0 Å². The van der Waals surface area contributed by atoms with Crippen molar-refractivity contribution in [1.29, 1.82) is 5.26 Å². The second-order valence-electron chi connectivity index (χ2n) is 7.01. The molecule has 0 N–H and O–H groups in total. The van der Waals surface area contributed by atoms with E-state index in [1.54, 1.807) is 12.1 Å². The van der Waals surface area contributed by atoms with Gasteiger partial charge in [0.2, 0.25) is 5.91 Å². The van der Waals surface area contributed by atoms with Crippen molar-refractivity contribution < 1.29 is 9.72 Å². The molecule has 2 aromatic rings. The van der Waals surface area contributed by atoms with E-state index >= 15 is 0 Å². The Morgan fingerprint density at radius 1 is 1.22 bits per heavy atom. The van der Waals surface area contributed by atoms with Crippen LogP contribution in [0, 0.1) is 21.4 Å². The van der Waals surface area contributed by atoms with Crippen molar-refractivity contribution in [2.24, 2.45) is 0 Å². The van der Waals surface area contributed by atoms with Gasteiger partial charge in [0.15, 0.2) is 0 Å². The lowest BCUT2D eigenvalue weighted by molar-refractivity contribution is -0.384. The predicted octanol–water partition coefficient (Wildman–Crippen LogP) is 2.61. The van der Waals surface area contributed by atoms with Gasteiger partial charge in [0, 0.05) is 49.6 Å². The van der Waals surface area contributed by atoms with Crippen molar-refractivity contribution in [3.05, 3.63) is 39.9 Å². The third kappa shape index (κ3) is 3.16. The number of fused-ring (bicyclic) bond motifs is 1. The maximum Gasteiger partial charge on any atom is 0.270 e. The van der Waals surface area contributed by atoms with Crippen LogP contribution in [0.2, 0.25) is 0 Å². The molecule has 0 unspecified atom stereocenters. The Bertz CT molecular complexity index is 960. The van der Waals surface area contributed by atoms with Gasteiger partial charge in [-0.05, 0) is 31.4 Å². The van der Waals surface area contributed by atoms with Crippen molar-refractivity contribution in [1.82, 2.24) is 9.88 Å². The molecule has 1 amide bonds. The minimum absolute atomic E-state index is 0.0513. The largest absolute Gasteiger partial charge is 0.356 e. The lowest BCUT2D eigenvalue weighted by atomic mass is 10.0. The number of amides is 1. The third-order valence-electron chi connectivity index (χ3n) is 5.45. The van der Waals surface area contributed by atoms with Crippen molar-refractivity contribution >= 4 is 28.3 Å². The number of piperidine rings is 1. The number of non-ortho nitro benzene ring substituents is 1. The number of benzene rings is 1. The van der Waals surface area contributed by atoms with E-state index in [0.29, 0.717) is 28.7 Å². The van der Waals surface area contributed by atoms with Gasteiger partial charge in [-0.25, -0.2) is 4.98 Å². The topological polar surface area (TPSA) is 103 Å². The van der Waals surface area contributed by atoms with Crippen LogP contribution in [0.4, 0.5) is 11.5 Å². The Kier molecular flexibility index (Phi) is 4.36. The molecule has 2 aliphatic heterocycles. The summed E-state index contributed by atoms with van der Waals surface area (Å²) in [5.74, 6) is 0.963. The summed E-state index contributed by atoms with van der Waals surface area (Å²) in [5.41, 5.74) is 0.909. The van der Waals surface area contributed by atoms with Crippen molar-refractivity contribution in [3.63, 3.8) is 0 Å². The molecule has 138 valence electrons. The first-order valence-corrected chi connectivity index (χ1v) is 9.10. The number of hydrogen-bond donors (Lipinski definition) is 0. The monoisotopic (exact) mass is 365 g/mol. The SMILES string of the molecule is N#Cc1cc(N2CCC(N3CCCC3=O)CC2)nc2ccc([N+](=O)[O-])cc12. The van der Waals surface area contributed by atoms with E-state index in [1.807, 2.05) is 4.90 Å². The highest BCUT2D eigenvalue weighted by Crippen LogP contribution is 2.29. The molecule has 8 nitrogen and oxygen atoms in total. The summed E-state index contributed by atoms with van der Waals surface area (Å²) in [5, 5.41) is 21.0. The molecule has 0 bridgehead atoms. The number of pyridine rings is 1. The normalized spacial score (nSPS) is 18.1. The molecule has 2 fully saturated rings. The summed E-state index contributed by atoms with van der Waals surface area (Å²) in [6, 6.07) is 8.52. The van der Waals surface area contributed by atoms with Crippen LogP contribution in [0.15, 0.2) is 24.3 Å². The van der Waals surface area contributed by atoms with E-state index in [9.17, 15) is 20.2 Å². The van der Waals surface area contributed by atoms with E-state index < -0.39 is 4.92 Å². The highest BCUT2D eigenvalue weighted by Gasteiger charge is 2.31. The molecule has 0 radical (unpaired) electrons. The Morgan fingerprint density at radius 2 is 2.00 bits per heavy atom. The minimum Gasteiger partial charge on any atom is -0.356 e. The lowest BCUT2D eigenvalue weighted by Gasteiger charge is -2.37. The van der Waals surface area contributed by atoms with Crippen molar-refractivity contribution in [2.45, 2.75) is 31.7 Å². The second kappa shape index (κ2) is 6.83. The second-order valence-corrected chi connectivity index (χ2v) is 7.01. The average molecular weight is 365 g/mol. The molecule has 1 aromatic carbocycles. The number of nitro benzene ring substituents is 1. The fourth-order valence-corrected chi connectivity index (χ4v) is 4.03. The summed E-state index contributed by atoms with van der Waals surface area (Å²) < 4.78 is 0. The molecule has 0 aliphatic carbocycles. The number of rotatable bonds is 3. The maximum atomic E-state index is 11.9. The Morgan fingerprint density at radius 3 is 2.63 bits per heavy atom. The zero-order valence-corrected chi connectivity index (χ0v) is 14.8. The molecule has 3 heterocycles. The number of nitrogens with zero attached hydrogens (tertiary/aromatic N) is 5. The summed E-state index contributed by atoms with van der Waals surface area (Å²) in [6.07, 6.45) is 3.37. The first-order valence-electron chi connectivity index (χ1n) is 9.10. The van der Waals surface area contributed by atoms with Gasteiger partial charge in [-0.3, -0.25) is 14.9 Å². The number of aromatic nitrogens is 1. The first kappa shape index (κ1) is 17.2. The number of anilines is 1. The Hall–Kier alpha value is -3.21. The van der Waals surface area contributed by atoms with Crippen LogP contribution in [-0.4, -0.2) is 46.4 Å². The number of likely N-dealkylation sites (tertiary alicyclic amines) is 1. The average Bonchev–Trinajstić information content (AvgIpc) is 3.12. The van der Waals surface area contributed by atoms with E-state index in [0.717, 1.165) is 38.9 Å². The van der Waals surface area contributed by atoms with E-state index in [-0.39, 0.29) is 17.6 Å². The molecular formula is C19H19N5O3. The highest BCUT2D eigenvalue weighted by molar-refractivity contribution is 5.88. The molecule has 27 heavy (non-hydrogen) atoms. The molecule has 0 atom stereocenters. The van der Waals surface area contributed by atoms with Crippen LogP contribution in [0.25, 0.3) is 10.9 Å². The van der Waals surface area contributed by atoms with Crippen LogP contribution < -0.4 is 4.90 Å². The molecule has 8 heteroatoms. The molecule has 4 rings (SSSR count). The number of hydrogen-bond acceptors (Lipinski definition) is 6. The molecule has 2 aliphatic rings. The van der Waals surface area contributed by atoms with Crippen LogP contribution in [-0.2, 0) is 4.79 Å². The van der Waals surface area contributed by atoms with Gasteiger partial charge < -0.3 is 9.80 Å². The van der Waals surface area contributed by atoms with Gasteiger partial charge in [-0.2, -0.15) is 5.26 Å².